The lowest BCUT2D eigenvalue weighted by Gasteiger charge is -2.10. The zero-order chi connectivity index (χ0) is 13.1. The molecule has 0 unspecified atom stereocenters. The van der Waals surface area contributed by atoms with Crippen molar-refractivity contribution < 1.29 is 0 Å². The molecule has 1 aromatic heterocycles. The van der Waals surface area contributed by atoms with Gasteiger partial charge in [-0.1, -0.05) is 17.7 Å². The molecule has 0 spiro atoms. The van der Waals surface area contributed by atoms with Crippen LogP contribution in [0.15, 0.2) is 34.8 Å². The highest BCUT2D eigenvalue weighted by atomic mass is 79.9. The molecule has 0 fully saturated rings. The monoisotopic (exact) mass is 324 g/mol. The fraction of sp³-hybridized carbons (Fsp3) is 0.214. The third-order valence-corrected chi connectivity index (χ3v) is 3.91. The van der Waals surface area contributed by atoms with Gasteiger partial charge in [-0.25, -0.2) is 0 Å². The molecule has 0 bridgehead atoms. The lowest BCUT2D eigenvalue weighted by Crippen LogP contribution is -2.02. The molecule has 0 radical (unpaired) electrons. The molecule has 0 aliphatic heterocycles. The SMILES string of the molecule is Cc1ccc(NCc2ccc(Cl)c(Br)c2)c(C)n1. The second kappa shape index (κ2) is 5.72. The number of benzene rings is 1. The first-order valence-corrected chi connectivity index (χ1v) is 6.85. The van der Waals surface area contributed by atoms with Crippen LogP contribution in [0, 0.1) is 13.8 Å². The van der Waals surface area contributed by atoms with Crippen LogP contribution in [0.5, 0.6) is 0 Å². The maximum Gasteiger partial charge on any atom is 0.0606 e. The van der Waals surface area contributed by atoms with E-state index in [2.05, 4.69) is 32.3 Å². The largest absolute Gasteiger partial charge is 0.380 e. The minimum Gasteiger partial charge on any atom is -0.380 e. The van der Waals surface area contributed by atoms with Crippen molar-refractivity contribution in [1.82, 2.24) is 4.98 Å². The Morgan fingerprint density at radius 3 is 2.67 bits per heavy atom. The highest BCUT2D eigenvalue weighted by Crippen LogP contribution is 2.24. The maximum absolute atomic E-state index is 5.96. The quantitative estimate of drug-likeness (QED) is 0.882. The smallest absolute Gasteiger partial charge is 0.0606 e. The summed E-state index contributed by atoms with van der Waals surface area (Å²) in [6.45, 7) is 4.75. The van der Waals surface area contributed by atoms with Gasteiger partial charge in [0.05, 0.1) is 16.4 Å². The summed E-state index contributed by atoms with van der Waals surface area (Å²) in [7, 11) is 0. The predicted molar refractivity (Wildman–Crippen MR) is 80.2 cm³/mol. The molecule has 4 heteroatoms. The summed E-state index contributed by atoms with van der Waals surface area (Å²) in [5.74, 6) is 0. The molecule has 0 saturated heterocycles. The Hall–Kier alpha value is -1.06. The summed E-state index contributed by atoms with van der Waals surface area (Å²) in [6, 6.07) is 9.99. The van der Waals surface area contributed by atoms with Crippen molar-refractivity contribution in [2.45, 2.75) is 20.4 Å². The van der Waals surface area contributed by atoms with Gasteiger partial charge in [0.2, 0.25) is 0 Å². The van der Waals surface area contributed by atoms with Crippen LogP contribution in [0.1, 0.15) is 17.0 Å². The highest BCUT2D eigenvalue weighted by Gasteiger charge is 2.02. The number of hydrogen-bond acceptors (Lipinski definition) is 2. The van der Waals surface area contributed by atoms with Crippen molar-refractivity contribution in [3.05, 3.63) is 56.8 Å². The van der Waals surface area contributed by atoms with E-state index >= 15 is 0 Å². The van der Waals surface area contributed by atoms with Crippen LogP contribution in [-0.2, 0) is 6.54 Å². The average molecular weight is 326 g/mol. The standard InChI is InChI=1S/C14H14BrClN2/c1-9-3-6-14(10(2)18-9)17-8-11-4-5-13(16)12(15)7-11/h3-7,17H,8H2,1-2H3. The lowest BCUT2D eigenvalue weighted by molar-refractivity contribution is 1.08. The third kappa shape index (κ3) is 3.24. The van der Waals surface area contributed by atoms with E-state index < -0.39 is 0 Å². The number of nitrogens with one attached hydrogen (secondary N) is 1. The molecule has 0 saturated carbocycles. The van der Waals surface area contributed by atoms with Gasteiger partial charge in [-0.15, -0.1) is 0 Å². The van der Waals surface area contributed by atoms with Crippen LogP contribution in [0.2, 0.25) is 5.02 Å². The van der Waals surface area contributed by atoms with Gasteiger partial charge < -0.3 is 5.32 Å². The van der Waals surface area contributed by atoms with Crippen LogP contribution in [0.4, 0.5) is 5.69 Å². The van der Waals surface area contributed by atoms with E-state index in [0.29, 0.717) is 0 Å². The normalized spacial score (nSPS) is 10.4. The van der Waals surface area contributed by atoms with E-state index in [1.165, 1.54) is 5.56 Å². The van der Waals surface area contributed by atoms with Gasteiger partial charge in [0, 0.05) is 16.7 Å². The van der Waals surface area contributed by atoms with Crippen LogP contribution in [-0.4, -0.2) is 4.98 Å². The maximum atomic E-state index is 5.96. The number of halogens is 2. The molecule has 94 valence electrons. The summed E-state index contributed by atoms with van der Waals surface area (Å²) in [6.07, 6.45) is 0. The summed E-state index contributed by atoms with van der Waals surface area (Å²) in [5, 5.41) is 4.11. The van der Waals surface area contributed by atoms with Gasteiger partial charge in [-0.3, -0.25) is 4.98 Å². The highest BCUT2D eigenvalue weighted by molar-refractivity contribution is 9.10. The van der Waals surface area contributed by atoms with Crippen LogP contribution in [0.25, 0.3) is 0 Å². The Labute approximate surface area is 121 Å². The first-order valence-electron chi connectivity index (χ1n) is 5.68. The number of anilines is 1. The van der Waals surface area contributed by atoms with Crippen molar-refractivity contribution in [1.29, 1.82) is 0 Å². The topological polar surface area (TPSA) is 24.9 Å². The van der Waals surface area contributed by atoms with E-state index in [4.69, 9.17) is 11.6 Å². The molecule has 18 heavy (non-hydrogen) atoms. The Balaban J connectivity index is 2.09. The van der Waals surface area contributed by atoms with Crippen LogP contribution in [0.3, 0.4) is 0 Å². The summed E-state index contributed by atoms with van der Waals surface area (Å²) in [4.78, 5) is 4.42. The summed E-state index contributed by atoms with van der Waals surface area (Å²) < 4.78 is 0.919. The van der Waals surface area contributed by atoms with E-state index in [-0.39, 0.29) is 0 Å². The second-order valence-corrected chi connectivity index (χ2v) is 5.45. The van der Waals surface area contributed by atoms with Crippen molar-refractivity contribution in [3.63, 3.8) is 0 Å². The molecule has 1 N–H and O–H groups in total. The molecule has 0 aliphatic carbocycles. The predicted octanol–water partition coefficient (Wildman–Crippen LogP) is 4.73. The number of pyridine rings is 1. The molecule has 0 aliphatic rings. The van der Waals surface area contributed by atoms with E-state index in [1.807, 2.05) is 38.1 Å². The number of rotatable bonds is 3. The van der Waals surface area contributed by atoms with Crippen LogP contribution < -0.4 is 5.32 Å². The molecular formula is C14H14BrClN2. The van der Waals surface area contributed by atoms with Gasteiger partial charge in [0.25, 0.3) is 0 Å². The average Bonchev–Trinajstić information content (AvgIpc) is 2.32. The molecule has 0 atom stereocenters. The number of aromatic nitrogens is 1. The zero-order valence-corrected chi connectivity index (χ0v) is 12.6. The summed E-state index contributed by atoms with van der Waals surface area (Å²) >= 11 is 9.39. The molecule has 2 rings (SSSR count). The van der Waals surface area contributed by atoms with E-state index in [1.54, 1.807) is 0 Å². The molecular weight excluding hydrogens is 312 g/mol. The molecule has 2 nitrogen and oxygen atoms in total. The van der Waals surface area contributed by atoms with E-state index in [9.17, 15) is 0 Å². The molecule has 1 heterocycles. The second-order valence-electron chi connectivity index (χ2n) is 4.19. The van der Waals surface area contributed by atoms with Crippen molar-refractivity contribution in [2.24, 2.45) is 0 Å². The van der Waals surface area contributed by atoms with Gasteiger partial charge in [0.15, 0.2) is 0 Å². The van der Waals surface area contributed by atoms with Gasteiger partial charge in [0.1, 0.15) is 0 Å². The Kier molecular flexibility index (Phi) is 4.25. The van der Waals surface area contributed by atoms with Crippen molar-refractivity contribution in [3.8, 4) is 0 Å². The third-order valence-electron chi connectivity index (χ3n) is 2.69. The fourth-order valence-corrected chi connectivity index (χ4v) is 2.26. The van der Waals surface area contributed by atoms with Gasteiger partial charge in [-0.05, 0) is 59.6 Å². The Bertz CT molecular complexity index is 570. The molecule has 0 amide bonds. The summed E-state index contributed by atoms with van der Waals surface area (Å²) in [5.41, 5.74) is 4.29. The number of hydrogen-bond donors (Lipinski definition) is 1. The fourth-order valence-electron chi connectivity index (χ4n) is 1.72. The Morgan fingerprint density at radius 2 is 2.00 bits per heavy atom. The number of nitrogens with zero attached hydrogens (tertiary/aromatic N) is 1. The molecule has 1 aromatic carbocycles. The number of aryl methyl sites for hydroxylation is 2. The lowest BCUT2D eigenvalue weighted by atomic mass is 10.2. The van der Waals surface area contributed by atoms with Crippen molar-refractivity contribution in [2.75, 3.05) is 5.32 Å². The zero-order valence-electron chi connectivity index (χ0n) is 10.3. The Morgan fingerprint density at radius 1 is 1.22 bits per heavy atom. The van der Waals surface area contributed by atoms with Gasteiger partial charge >= 0.3 is 0 Å². The first-order chi connectivity index (χ1) is 8.56. The molecule has 2 aromatic rings. The van der Waals surface area contributed by atoms with Crippen molar-refractivity contribution >= 4 is 33.2 Å². The van der Waals surface area contributed by atoms with Gasteiger partial charge in [-0.2, -0.15) is 0 Å². The van der Waals surface area contributed by atoms with Crippen LogP contribution >= 0.6 is 27.5 Å². The first kappa shape index (κ1) is 13.4. The minimum atomic E-state index is 0.729. The minimum absolute atomic E-state index is 0.729. The van der Waals surface area contributed by atoms with E-state index in [0.717, 1.165) is 33.1 Å².